The number of para-hydroxylation sites is 1. The fourth-order valence-corrected chi connectivity index (χ4v) is 4.88. The van der Waals surface area contributed by atoms with Crippen molar-refractivity contribution in [2.24, 2.45) is 5.10 Å². The molecule has 0 N–H and O–H groups in total. The van der Waals surface area contributed by atoms with Crippen molar-refractivity contribution >= 4 is 49.8 Å². The van der Waals surface area contributed by atoms with E-state index in [1.54, 1.807) is 55.6 Å². The fraction of sp³-hybridized carbons (Fsp3) is 0.143. The summed E-state index contributed by atoms with van der Waals surface area (Å²) in [5.74, 6) is 1.19. The molecule has 5 rings (SSSR count). The molecular weight excluding hydrogens is 522 g/mol. The average Bonchev–Trinajstić information content (AvgIpc) is 3.39. The van der Waals surface area contributed by atoms with Gasteiger partial charge in [0.25, 0.3) is 5.91 Å². The number of nitrogens with zero attached hydrogens (tertiary/aromatic N) is 3. The highest BCUT2D eigenvalue weighted by Gasteiger charge is 2.25. The molecule has 5 aromatic rings. The number of carbonyl (C=O) groups is 1. The molecule has 0 aliphatic carbocycles. The normalized spacial score (nSPS) is 11.2. The zero-order valence-corrected chi connectivity index (χ0v) is 22.3. The number of ether oxygens (including phenoxy) is 4. The Balaban J connectivity index is 1.63. The highest BCUT2D eigenvalue weighted by Crippen LogP contribution is 2.38. The van der Waals surface area contributed by atoms with E-state index >= 15 is 0 Å². The third-order valence-electron chi connectivity index (χ3n) is 5.84. The summed E-state index contributed by atoms with van der Waals surface area (Å²) in [6.07, 6.45) is 1.44. The molecule has 0 spiro atoms. The third-order valence-corrected chi connectivity index (χ3v) is 6.83. The highest BCUT2D eigenvalue weighted by atomic mass is 32.1. The van der Waals surface area contributed by atoms with Gasteiger partial charge in [0.2, 0.25) is 10.9 Å². The number of hydrogen-bond donors (Lipinski definition) is 0. The molecule has 11 heteroatoms. The Hall–Kier alpha value is -4.90. The van der Waals surface area contributed by atoms with Crippen LogP contribution >= 0.6 is 11.3 Å². The highest BCUT2D eigenvalue weighted by molar-refractivity contribution is 7.22. The van der Waals surface area contributed by atoms with Crippen molar-refractivity contribution in [2.75, 3.05) is 33.4 Å². The molecule has 0 saturated heterocycles. The van der Waals surface area contributed by atoms with E-state index < -0.39 is 11.5 Å². The maximum atomic E-state index is 13.8. The number of hydrazone groups is 1. The number of fused-ring (bicyclic) bond motifs is 2. The van der Waals surface area contributed by atoms with Crippen LogP contribution in [0.1, 0.15) is 15.9 Å². The molecular formula is C28H23N3O7S. The van der Waals surface area contributed by atoms with Gasteiger partial charge >= 0.3 is 5.63 Å². The molecule has 0 bridgehead atoms. The van der Waals surface area contributed by atoms with E-state index in [1.165, 1.54) is 44.9 Å². The molecule has 198 valence electrons. The van der Waals surface area contributed by atoms with Gasteiger partial charge < -0.3 is 23.4 Å². The molecule has 0 fully saturated rings. The van der Waals surface area contributed by atoms with Crippen molar-refractivity contribution in [1.29, 1.82) is 0 Å². The van der Waals surface area contributed by atoms with Gasteiger partial charge in [0.1, 0.15) is 16.9 Å². The molecule has 0 radical (unpaired) electrons. The largest absolute Gasteiger partial charge is 0.497 e. The lowest BCUT2D eigenvalue weighted by atomic mass is 10.2. The summed E-state index contributed by atoms with van der Waals surface area (Å²) in [7, 11) is 6.08. The number of rotatable bonds is 8. The van der Waals surface area contributed by atoms with Crippen LogP contribution in [0.25, 0.3) is 21.2 Å². The van der Waals surface area contributed by atoms with Crippen molar-refractivity contribution in [1.82, 2.24) is 4.98 Å². The number of carbonyl (C=O) groups excluding carboxylic acids is 1. The quantitative estimate of drug-likeness (QED) is 0.150. The molecule has 10 nitrogen and oxygen atoms in total. The molecule has 2 aromatic heterocycles. The fourth-order valence-electron chi connectivity index (χ4n) is 3.92. The third kappa shape index (κ3) is 4.99. The van der Waals surface area contributed by atoms with Crippen molar-refractivity contribution in [2.45, 2.75) is 0 Å². The van der Waals surface area contributed by atoms with E-state index in [9.17, 15) is 9.59 Å². The van der Waals surface area contributed by atoms with Gasteiger partial charge in [-0.15, -0.1) is 0 Å². The van der Waals surface area contributed by atoms with Crippen LogP contribution in [0.4, 0.5) is 5.13 Å². The molecule has 1 amide bonds. The minimum atomic E-state index is -0.783. The Bertz CT molecular complexity index is 1750. The topological polar surface area (TPSA) is 113 Å². The van der Waals surface area contributed by atoms with E-state index in [2.05, 4.69) is 10.1 Å². The molecule has 3 aromatic carbocycles. The molecule has 2 heterocycles. The van der Waals surface area contributed by atoms with E-state index in [0.717, 1.165) is 9.71 Å². The SMILES string of the molecule is COc1ccc2nc(N(/N=C/c3cc(OC)c(OC)c(OC)c3)C(=O)c3cc4ccccc4oc3=O)sc2c1. The standard InChI is InChI=1S/C28H23N3O7S/c1-34-18-9-10-20-24(14-18)39-28(30-20)31(26(32)19-13-17-7-5-6-8-21(17)38-27(19)33)29-15-16-11-22(35-2)25(37-4)23(12-16)36-3/h5-15H,1-4H3/b29-15+. The van der Waals surface area contributed by atoms with Crippen LogP contribution in [0.3, 0.4) is 0 Å². The number of thiazole rings is 1. The Morgan fingerprint density at radius 1 is 0.949 bits per heavy atom. The first-order chi connectivity index (χ1) is 18.9. The summed E-state index contributed by atoms with van der Waals surface area (Å²) >= 11 is 1.22. The van der Waals surface area contributed by atoms with Crippen molar-refractivity contribution < 1.29 is 28.2 Å². The van der Waals surface area contributed by atoms with Gasteiger partial charge in [0, 0.05) is 10.9 Å². The number of aromatic nitrogens is 1. The molecule has 0 unspecified atom stereocenters. The summed E-state index contributed by atoms with van der Waals surface area (Å²) in [5.41, 5.74) is 0.596. The van der Waals surface area contributed by atoms with Gasteiger partial charge in [-0.1, -0.05) is 29.5 Å². The predicted molar refractivity (Wildman–Crippen MR) is 149 cm³/mol. The minimum Gasteiger partial charge on any atom is -0.497 e. The van der Waals surface area contributed by atoms with Crippen LogP contribution in [0, 0.1) is 0 Å². The zero-order chi connectivity index (χ0) is 27.5. The van der Waals surface area contributed by atoms with E-state index in [1.807, 2.05) is 6.07 Å². The van der Waals surface area contributed by atoms with Gasteiger partial charge in [0.15, 0.2) is 11.5 Å². The molecule has 39 heavy (non-hydrogen) atoms. The van der Waals surface area contributed by atoms with Crippen LogP contribution in [0.2, 0.25) is 0 Å². The number of methoxy groups -OCH3 is 4. The summed E-state index contributed by atoms with van der Waals surface area (Å²) < 4.78 is 27.7. The van der Waals surface area contributed by atoms with Crippen molar-refractivity contribution in [3.63, 3.8) is 0 Å². The second-order valence-corrected chi connectivity index (χ2v) is 9.14. The Kier molecular flexibility index (Phi) is 7.15. The summed E-state index contributed by atoms with van der Waals surface area (Å²) in [6.45, 7) is 0. The van der Waals surface area contributed by atoms with E-state index in [0.29, 0.717) is 45.0 Å². The van der Waals surface area contributed by atoms with E-state index in [4.69, 9.17) is 23.4 Å². The lowest BCUT2D eigenvalue weighted by Crippen LogP contribution is -2.30. The maximum Gasteiger partial charge on any atom is 0.349 e. The summed E-state index contributed by atoms with van der Waals surface area (Å²) in [5, 5.41) is 6.37. The van der Waals surface area contributed by atoms with Crippen LogP contribution in [0.5, 0.6) is 23.0 Å². The number of benzene rings is 3. The molecule has 0 saturated carbocycles. The Morgan fingerprint density at radius 2 is 1.69 bits per heavy atom. The zero-order valence-electron chi connectivity index (χ0n) is 21.5. The number of hydrogen-bond acceptors (Lipinski definition) is 10. The molecule has 0 atom stereocenters. The first-order valence-corrected chi connectivity index (χ1v) is 12.4. The van der Waals surface area contributed by atoms with Gasteiger partial charge in [0.05, 0.1) is 44.9 Å². The predicted octanol–water partition coefficient (Wildman–Crippen LogP) is 5.12. The maximum absolute atomic E-state index is 13.8. The second-order valence-electron chi connectivity index (χ2n) is 8.14. The first kappa shape index (κ1) is 25.7. The summed E-state index contributed by atoms with van der Waals surface area (Å²) in [4.78, 5) is 31.2. The number of anilines is 1. The molecule has 0 aliphatic heterocycles. The van der Waals surface area contributed by atoms with Crippen molar-refractivity contribution in [3.05, 3.63) is 82.2 Å². The number of amides is 1. The van der Waals surface area contributed by atoms with Crippen LogP contribution in [0.15, 0.2) is 75.0 Å². The average molecular weight is 546 g/mol. The smallest absolute Gasteiger partial charge is 0.349 e. The lowest BCUT2D eigenvalue weighted by Gasteiger charge is -2.15. The molecule has 0 aliphatic rings. The van der Waals surface area contributed by atoms with Crippen LogP contribution in [-0.4, -0.2) is 45.5 Å². The van der Waals surface area contributed by atoms with Gasteiger partial charge in [-0.3, -0.25) is 4.79 Å². The van der Waals surface area contributed by atoms with E-state index in [-0.39, 0.29) is 10.7 Å². The monoisotopic (exact) mass is 545 g/mol. The Labute approximate surface area is 226 Å². The lowest BCUT2D eigenvalue weighted by molar-refractivity contribution is 0.0984. The van der Waals surface area contributed by atoms with Gasteiger partial charge in [-0.05, 0) is 42.5 Å². The summed E-state index contributed by atoms with van der Waals surface area (Å²) in [6, 6.07) is 17.2. The second kappa shape index (κ2) is 10.8. The van der Waals surface area contributed by atoms with Crippen molar-refractivity contribution in [3.8, 4) is 23.0 Å². The van der Waals surface area contributed by atoms with Crippen LogP contribution in [-0.2, 0) is 0 Å². The Morgan fingerprint density at radius 3 is 2.38 bits per heavy atom. The minimum absolute atomic E-state index is 0.187. The van der Waals surface area contributed by atoms with Crippen LogP contribution < -0.4 is 29.6 Å². The van der Waals surface area contributed by atoms with Gasteiger partial charge in [-0.2, -0.15) is 10.1 Å². The first-order valence-electron chi connectivity index (χ1n) is 11.6. The van der Waals surface area contributed by atoms with Gasteiger partial charge in [-0.25, -0.2) is 9.78 Å².